The smallest absolute Gasteiger partial charge is 0.326 e. The number of nitrogens with zero attached hydrogens (tertiary/aromatic N) is 1. The van der Waals surface area contributed by atoms with Crippen molar-refractivity contribution in [2.45, 2.75) is 215 Å². The van der Waals surface area contributed by atoms with Gasteiger partial charge in [0.15, 0.2) is 0 Å². The van der Waals surface area contributed by atoms with Crippen molar-refractivity contribution in [3.05, 3.63) is 0 Å². The molecule has 280 valence electrons. The fourth-order valence-corrected chi connectivity index (χ4v) is 8.22. The summed E-state index contributed by atoms with van der Waals surface area (Å²) in [4.78, 5) is 10.0. The van der Waals surface area contributed by atoms with E-state index in [9.17, 15) is 9.46 Å². The molecular formula is C41H89NO3P+. The molecule has 0 heterocycles. The lowest BCUT2D eigenvalue weighted by molar-refractivity contribution is -0.910. The average Bonchev–Trinajstić information content (AvgIpc) is 3.04. The van der Waals surface area contributed by atoms with Gasteiger partial charge in [0, 0.05) is 0 Å². The number of hydrogen-bond acceptors (Lipinski definition) is 2. The topological polar surface area (TPSA) is 46.5 Å². The third-order valence-corrected chi connectivity index (χ3v) is 11.8. The van der Waals surface area contributed by atoms with Crippen LogP contribution < -0.4 is 0 Å². The van der Waals surface area contributed by atoms with E-state index in [-0.39, 0.29) is 0 Å². The molecule has 0 aromatic carbocycles. The van der Waals surface area contributed by atoms with E-state index >= 15 is 0 Å². The molecule has 0 radical (unpaired) electrons. The molecule has 0 fully saturated rings. The normalized spacial score (nSPS) is 14.5. The average molecular weight is 675 g/mol. The first kappa shape index (κ1) is 48.2. The third kappa shape index (κ3) is 32.6. The molecule has 0 amide bonds. The first-order valence-electron chi connectivity index (χ1n) is 21.0. The van der Waals surface area contributed by atoms with Gasteiger partial charge in [-0.3, -0.25) is 4.57 Å². The predicted octanol–water partition coefficient (Wildman–Crippen LogP) is 14.1. The van der Waals surface area contributed by atoms with Gasteiger partial charge in [-0.25, -0.2) is 0 Å². The van der Waals surface area contributed by atoms with E-state index in [1.807, 2.05) is 0 Å². The quantitative estimate of drug-likeness (QED) is 0.0420. The fraction of sp³-hybridized carbons (Fsp3) is 1.00. The lowest BCUT2D eigenvalue weighted by atomic mass is 10.0. The van der Waals surface area contributed by atoms with E-state index in [0.29, 0.717) is 24.6 Å². The van der Waals surface area contributed by atoms with Crippen LogP contribution in [0, 0.1) is 11.8 Å². The van der Waals surface area contributed by atoms with Gasteiger partial charge in [0.1, 0.15) is 0 Å². The second-order valence-corrected chi connectivity index (χ2v) is 16.9. The van der Waals surface area contributed by atoms with Gasteiger partial charge in [0.25, 0.3) is 0 Å². The molecule has 0 bridgehead atoms. The van der Waals surface area contributed by atoms with Crippen LogP contribution in [-0.2, 0) is 9.09 Å². The first-order chi connectivity index (χ1) is 22.2. The zero-order valence-electron chi connectivity index (χ0n) is 33.2. The summed E-state index contributed by atoms with van der Waals surface area (Å²) in [6, 6.07) is 0. The van der Waals surface area contributed by atoms with Crippen molar-refractivity contribution in [2.24, 2.45) is 11.8 Å². The molecule has 46 heavy (non-hydrogen) atoms. The van der Waals surface area contributed by atoms with E-state index < -0.39 is 7.60 Å². The Kier molecular flexibility index (Phi) is 36.6. The van der Waals surface area contributed by atoms with Crippen LogP contribution in [0.15, 0.2) is 0 Å². The number of hydrogen-bond donors (Lipinski definition) is 1. The van der Waals surface area contributed by atoms with Gasteiger partial charge in [0.2, 0.25) is 0 Å². The van der Waals surface area contributed by atoms with Crippen LogP contribution in [0.1, 0.15) is 215 Å². The highest BCUT2D eigenvalue weighted by Crippen LogP contribution is 2.46. The summed E-state index contributed by atoms with van der Waals surface area (Å²) in [5, 5.41) is 0. The number of rotatable bonds is 34. The van der Waals surface area contributed by atoms with Crippen LogP contribution >= 0.6 is 7.60 Å². The third-order valence-electron chi connectivity index (χ3n) is 10.2. The second-order valence-electron chi connectivity index (χ2n) is 15.0. The van der Waals surface area contributed by atoms with Gasteiger partial charge in [-0.1, -0.05) is 164 Å². The Morgan fingerprint density at radius 3 is 1.17 bits per heavy atom. The molecule has 0 aromatic heterocycles. The van der Waals surface area contributed by atoms with Gasteiger partial charge in [0.05, 0.1) is 39.5 Å². The van der Waals surface area contributed by atoms with Crippen LogP contribution in [0.2, 0.25) is 0 Å². The van der Waals surface area contributed by atoms with Crippen LogP contribution in [0.5, 0.6) is 0 Å². The maximum Gasteiger partial charge on any atom is 0.328 e. The van der Waals surface area contributed by atoms with Crippen molar-refractivity contribution in [1.82, 2.24) is 0 Å². The molecule has 0 aliphatic rings. The van der Waals surface area contributed by atoms with Crippen molar-refractivity contribution in [3.8, 4) is 0 Å². The molecule has 0 aromatic rings. The van der Waals surface area contributed by atoms with E-state index in [0.717, 1.165) is 38.5 Å². The maximum atomic E-state index is 12.2. The van der Waals surface area contributed by atoms with E-state index in [2.05, 4.69) is 55.5 Å². The molecule has 0 rings (SSSR count). The minimum atomic E-state index is -3.40. The Morgan fingerprint density at radius 2 is 0.826 bits per heavy atom. The van der Waals surface area contributed by atoms with Gasteiger partial charge in [-0.2, -0.15) is 0 Å². The first-order valence-corrected chi connectivity index (χ1v) is 22.7. The molecule has 0 saturated heterocycles. The molecular weight excluding hydrogens is 585 g/mol. The van der Waals surface area contributed by atoms with Crippen LogP contribution in [0.4, 0.5) is 0 Å². The summed E-state index contributed by atoms with van der Waals surface area (Å²) in [7, 11) is -0.845. The summed E-state index contributed by atoms with van der Waals surface area (Å²) < 4.78 is 18.9. The molecule has 3 atom stereocenters. The highest BCUT2D eigenvalue weighted by molar-refractivity contribution is 7.52. The molecule has 4 nitrogen and oxygen atoms in total. The van der Waals surface area contributed by atoms with Crippen molar-refractivity contribution in [1.29, 1.82) is 0 Å². The Balaban J connectivity index is 0. The van der Waals surface area contributed by atoms with Gasteiger partial charge >= 0.3 is 7.60 Å². The fourth-order valence-electron chi connectivity index (χ4n) is 6.57. The summed E-state index contributed by atoms with van der Waals surface area (Å²) in [5.41, 5.74) is 0. The maximum absolute atomic E-state index is 12.2. The van der Waals surface area contributed by atoms with Crippen LogP contribution in [-0.4, -0.2) is 48.8 Å². The lowest BCUT2D eigenvalue weighted by Gasteiger charge is -2.35. The van der Waals surface area contributed by atoms with Crippen LogP contribution in [0.25, 0.3) is 0 Å². The molecule has 5 heteroatoms. The van der Waals surface area contributed by atoms with Crippen LogP contribution in [0.3, 0.4) is 0 Å². The Morgan fingerprint density at radius 1 is 0.500 bits per heavy atom. The summed E-state index contributed by atoms with van der Waals surface area (Å²) >= 11 is 0. The lowest BCUT2D eigenvalue weighted by Crippen LogP contribution is -2.46. The van der Waals surface area contributed by atoms with E-state index in [1.54, 1.807) is 0 Å². The number of unbranched alkanes of at least 4 members (excludes halogenated alkanes) is 17. The van der Waals surface area contributed by atoms with Crippen molar-refractivity contribution in [3.63, 3.8) is 0 Å². The molecule has 1 N–H and O–H groups in total. The Hall–Kier alpha value is 0.110. The number of quaternary nitrogens is 1. The summed E-state index contributed by atoms with van der Waals surface area (Å²) in [6.45, 7) is 20.2. The highest BCUT2D eigenvalue weighted by Gasteiger charge is 2.25. The van der Waals surface area contributed by atoms with E-state index in [1.165, 1.54) is 153 Å². The summed E-state index contributed by atoms with van der Waals surface area (Å²) in [5.74, 6) is 0.743. The minimum Gasteiger partial charge on any atom is -0.326 e. The predicted molar refractivity (Wildman–Crippen MR) is 208 cm³/mol. The summed E-state index contributed by atoms with van der Waals surface area (Å²) in [6.07, 6.45) is 34.9. The van der Waals surface area contributed by atoms with Gasteiger partial charge < -0.3 is 13.9 Å². The van der Waals surface area contributed by atoms with Crippen molar-refractivity contribution >= 4 is 7.60 Å². The van der Waals surface area contributed by atoms with Crippen molar-refractivity contribution in [2.75, 3.05) is 39.5 Å². The minimum absolute atomic E-state index is 0.321. The Labute approximate surface area is 292 Å². The monoisotopic (exact) mass is 675 g/mol. The molecule has 0 aliphatic heterocycles. The molecule has 0 saturated carbocycles. The Bertz CT molecular complexity index is 602. The highest BCUT2D eigenvalue weighted by atomic mass is 31.2. The molecule has 0 aliphatic carbocycles. The largest absolute Gasteiger partial charge is 0.328 e. The van der Waals surface area contributed by atoms with E-state index in [4.69, 9.17) is 4.52 Å². The SMILES string of the molecule is CCCCC(CC)COP(=O)(O)CC(CC)CCCC.CCCCCCCC[N+](C)(CCCCCCCC)CCCCCCCC. The molecule has 0 spiro atoms. The molecule has 3 unspecified atom stereocenters. The zero-order chi connectivity index (χ0) is 34.8. The van der Waals surface area contributed by atoms with Gasteiger partial charge in [-0.05, 0) is 63.2 Å². The standard InChI is InChI=1S/C25H54N.C16H35O3P/c1-5-8-11-14-17-20-23-26(4,24-21-18-15-12-9-6-2)25-22-19-16-13-10-7-3;1-5-9-11-15(7-3)13-19-20(17,18)14-16(8-4)12-10-6-2/h5-25H2,1-4H3;15-16H,5-14H2,1-4H3,(H,17,18)/q+1;. The second kappa shape index (κ2) is 35.0. The van der Waals surface area contributed by atoms with Gasteiger partial charge in [-0.15, -0.1) is 0 Å². The zero-order valence-corrected chi connectivity index (χ0v) is 34.1. The van der Waals surface area contributed by atoms with Crippen molar-refractivity contribution < 1.29 is 18.5 Å².